The second-order valence-corrected chi connectivity index (χ2v) is 5.92. The minimum absolute atomic E-state index is 0.00225. The second kappa shape index (κ2) is 10.7. The highest BCUT2D eigenvalue weighted by Crippen LogP contribution is 2.22. The summed E-state index contributed by atoms with van der Waals surface area (Å²) in [6.07, 6.45) is 0. The Morgan fingerprint density at radius 1 is 0.893 bits per heavy atom. The molecule has 8 heteroatoms. The highest BCUT2D eigenvalue weighted by atomic mass is 16.5. The summed E-state index contributed by atoms with van der Waals surface area (Å²) >= 11 is 0. The summed E-state index contributed by atoms with van der Waals surface area (Å²) in [5.74, 6) is -0.234. The lowest BCUT2D eigenvalue weighted by atomic mass is 10.3. The molecule has 0 spiro atoms. The molecule has 4 amide bonds. The standard InChI is InChI=1S/C20H24N4O4/c1-3-24(13-18(25)22-16-11-7-8-12-17(16)28-2)14-19(26)23-20(27)21-15-9-5-4-6-10-15/h4-12H,3,13-14H2,1-2H3,(H,22,25)(H2,21,23,26,27). The van der Waals surface area contributed by atoms with Gasteiger partial charge in [0.2, 0.25) is 11.8 Å². The number of urea groups is 1. The fourth-order valence-electron chi connectivity index (χ4n) is 2.47. The topological polar surface area (TPSA) is 99.8 Å². The van der Waals surface area contributed by atoms with Gasteiger partial charge in [-0.05, 0) is 30.8 Å². The van der Waals surface area contributed by atoms with Gasteiger partial charge in [-0.25, -0.2) is 4.79 Å². The number of ether oxygens (including phenoxy) is 1. The maximum Gasteiger partial charge on any atom is 0.325 e. The third-order valence-corrected chi connectivity index (χ3v) is 3.85. The number of nitrogens with zero attached hydrogens (tertiary/aromatic N) is 1. The van der Waals surface area contributed by atoms with Crippen LogP contribution in [0.4, 0.5) is 16.2 Å². The zero-order chi connectivity index (χ0) is 20.4. The van der Waals surface area contributed by atoms with Crippen LogP contribution in [0, 0.1) is 0 Å². The van der Waals surface area contributed by atoms with E-state index in [-0.39, 0.29) is 19.0 Å². The molecule has 0 aliphatic rings. The van der Waals surface area contributed by atoms with E-state index in [2.05, 4.69) is 16.0 Å². The number of para-hydroxylation sites is 3. The van der Waals surface area contributed by atoms with Gasteiger partial charge >= 0.3 is 6.03 Å². The van der Waals surface area contributed by atoms with Crippen LogP contribution in [0.2, 0.25) is 0 Å². The molecule has 0 radical (unpaired) electrons. The molecule has 0 unspecified atom stereocenters. The molecule has 0 saturated carbocycles. The van der Waals surface area contributed by atoms with E-state index in [1.807, 2.05) is 13.0 Å². The van der Waals surface area contributed by atoms with Gasteiger partial charge in [0, 0.05) is 5.69 Å². The minimum atomic E-state index is -0.620. The summed E-state index contributed by atoms with van der Waals surface area (Å²) in [5, 5.41) is 7.58. The van der Waals surface area contributed by atoms with E-state index in [0.29, 0.717) is 23.7 Å². The lowest BCUT2D eigenvalue weighted by Gasteiger charge is -2.19. The van der Waals surface area contributed by atoms with E-state index < -0.39 is 11.9 Å². The molecule has 148 valence electrons. The molecule has 3 N–H and O–H groups in total. The molecule has 0 atom stereocenters. The normalized spacial score (nSPS) is 10.2. The van der Waals surface area contributed by atoms with Crippen LogP contribution in [0.1, 0.15) is 6.92 Å². The van der Waals surface area contributed by atoms with Crippen LogP contribution in [-0.4, -0.2) is 49.5 Å². The summed E-state index contributed by atoms with van der Waals surface area (Å²) in [6, 6.07) is 15.2. The zero-order valence-corrected chi connectivity index (χ0v) is 15.9. The lowest BCUT2D eigenvalue weighted by Crippen LogP contribution is -2.44. The van der Waals surface area contributed by atoms with Crippen molar-refractivity contribution in [2.45, 2.75) is 6.92 Å². The number of hydrogen-bond acceptors (Lipinski definition) is 5. The number of carbonyl (C=O) groups excluding carboxylic acids is 3. The molecule has 2 aromatic carbocycles. The Bertz CT molecular complexity index is 811. The molecule has 0 bridgehead atoms. The molecule has 0 saturated heterocycles. The fraction of sp³-hybridized carbons (Fsp3) is 0.250. The Hall–Kier alpha value is -3.39. The smallest absolute Gasteiger partial charge is 0.325 e. The summed E-state index contributed by atoms with van der Waals surface area (Å²) in [5.41, 5.74) is 1.13. The molecule has 0 aliphatic carbocycles. The summed E-state index contributed by atoms with van der Waals surface area (Å²) < 4.78 is 5.20. The van der Waals surface area contributed by atoms with Crippen molar-refractivity contribution in [3.63, 3.8) is 0 Å². The van der Waals surface area contributed by atoms with Crippen molar-refractivity contribution in [3.05, 3.63) is 54.6 Å². The van der Waals surface area contributed by atoms with Crippen LogP contribution in [0.3, 0.4) is 0 Å². The Kier molecular flexibility index (Phi) is 7.98. The van der Waals surface area contributed by atoms with Gasteiger partial charge in [-0.1, -0.05) is 37.3 Å². The van der Waals surface area contributed by atoms with Crippen LogP contribution >= 0.6 is 0 Å². The van der Waals surface area contributed by atoms with Crippen LogP contribution in [0.15, 0.2) is 54.6 Å². The second-order valence-electron chi connectivity index (χ2n) is 5.92. The predicted molar refractivity (Wildman–Crippen MR) is 107 cm³/mol. The first-order valence-electron chi connectivity index (χ1n) is 8.83. The third-order valence-electron chi connectivity index (χ3n) is 3.85. The highest BCUT2D eigenvalue weighted by molar-refractivity contribution is 6.02. The van der Waals surface area contributed by atoms with Crippen molar-refractivity contribution < 1.29 is 19.1 Å². The molecule has 28 heavy (non-hydrogen) atoms. The predicted octanol–water partition coefficient (Wildman–Crippen LogP) is 2.30. The van der Waals surface area contributed by atoms with Gasteiger partial charge < -0.3 is 15.4 Å². The Labute approximate surface area is 163 Å². The number of imide groups is 1. The Morgan fingerprint density at radius 3 is 2.21 bits per heavy atom. The first kappa shape index (κ1) is 20.9. The van der Waals surface area contributed by atoms with Crippen molar-refractivity contribution in [1.29, 1.82) is 0 Å². The SMILES string of the molecule is CCN(CC(=O)NC(=O)Nc1ccccc1)CC(=O)Nc1ccccc1OC. The van der Waals surface area contributed by atoms with Gasteiger partial charge in [-0.15, -0.1) is 0 Å². The van der Waals surface area contributed by atoms with Gasteiger partial charge in [0.25, 0.3) is 0 Å². The van der Waals surface area contributed by atoms with E-state index in [1.165, 1.54) is 7.11 Å². The van der Waals surface area contributed by atoms with Gasteiger partial charge in [-0.3, -0.25) is 19.8 Å². The average molecular weight is 384 g/mol. The monoisotopic (exact) mass is 384 g/mol. The fourth-order valence-corrected chi connectivity index (χ4v) is 2.47. The van der Waals surface area contributed by atoms with Crippen LogP contribution < -0.4 is 20.7 Å². The molecule has 8 nitrogen and oxygen atoms in total. The van der Waals surface area contributed by atoms with Gasteiger partial charge in [0.05, 0.1) is 25.9 Å². The van der Waals surface area contributed by atoms with Gasteiger partial charge in [-0.2, -0.15) is 0 Å². The number of carbonyl (C=O) groups is 3. The molecular weight excluding hydrogens is 360 g/mol. The summed E-state index contributed by atoms with van der Waals surface area (Å²) in [6.45, 7) is 2.21. The first-order chi connectivity index (χ1) is 13.5. The Morgan fingerprint density at radius 2 is 1.54 bits per heavy atom. The number of hydrogen-bond donors (Lipinski definition) is 3. The minimum Gasteiger partial charge on any atom is -0.495 e. The van der Waals surface area contributed by atoms with E-state index in [4.69, 9.17) is 4.74 Å². The van der Waals surface area contributed by atoms with Gasteiger partial charge in [0.15, 0.2) is 0 Å². The van der Waals surface area contributed by atoms with Crippen LogP contribution in [0.5, 0.6) is 5.75 Å². The van der Waals surface area contributed by atoms with E-state index in [9.17, 15) is 14.4 Å². The van der Waals surface area contributed by atoms with Crippen molar-refractivity contribution in [3.8, 4) is 5.75 Å². The number of rotatable bonds is 8. The number of amides is 4. The Balaban J connectivity index is 1.83. The highest BCUT2D eigenvalue weighted by Gasteiger charge is 2.16. The van der Waals surface area contributed by atoms with Crippen molar-refractivity contribution in [2.75, 3.05) is 37.4 Å². The first-order valence-corrected chi connectivity index (χ1v) is 8.83. The number of benzene rings is 2. The van der Waals surface area contributed by atoms with E-state index in [1.54, 1.807) is 53.4 Å². The van der Waals surface area contributed by atoms with Crippen LogP contribution in [-0.2, 0) is 9.59 Å². The van der Waals surface area contributed by atoms with E-state index in [0.717, 1.165) is 0 Å². The van der Waals surface area contributed by atoms with Crippen molar-refractivity contribution in [2.24, 2.45) is 0 Å². The third kappa shape index (κ3) is 6.73. The quantitative estimate of drug-likeness (QED) is 0.649. The van der Waals surface area contributed by atoms with Crippen molar-refractivity contribution in [1.82, 2.24) is 10.2 Å². The van der Waals surface area contributed by atoms with E-state index >= 15 is 0 Å². The summed E-state index contributed by atoms with van der Waals surface area (Å²) in [4.78, 5) is 37.9. The number of anilines is 2. The van der Waals surface area contributed by atoms with Gasteiger partial charge in [0.1, 0.15) is 5.75 Å². The maximum absolute atomic E-state index is 12.3. The number of nitrogens with one attached hydrogen (secondary N) is 3. The lowest BCUT2D eigenvalue weighted by molar-refractivity contribution is -0.122. The number of methoxy groups -OCH3 is 1. The largest absolute Gasteiger partial charge is 0.495 e. The summed E-state index contributed by atoms with van der Waals surface area (Å²) in [7, 11) is 1.52. The maximum atomic E-state index is 12.3. The molecule has 0 heterocycles. The van der Waals surface area contributed by atoms with Crippen LogP contribution in [0.25, 0.3) is 0 Å². The molecular formula is C20H24N4O4. The molecule has 2 aromatic rings. The molecule has 0 aliphatic heterocycles. The molecule has 0 aromatic heterocycles. The molecule has 2 rings (SSSR count). The zero-order valence-electron chi connectivity index (χ0n) is 15.9. The van der Waals surface area contributed by atoms with Crippen molar-refractivity contribution >= 4 is 29.2 Å². The number of likely N-dealkylation sites (N-methyl/N-ethyl adjacent to an activating group) is 1. The molecule has 0 fully saturated rings. The average Bonchev–Trinajstić information content (AvgIpc) is 2.68.